The van der Waals surface area contributed by atoms with Gasteiger partial charge in [0.05, 0.1) is 0 Å². The number of rotatable bonds is 5. The van der Waals surface area contributed by atoms with Gasteiger partial charge in [-0.15, -0.1) is 0 Å². The van der Waals surface area contributed by atoms with E-state index in [-0.39, 0.29) is 5.41 Å². The summed E-state index contributed by atoms with van der Waals surface area (Å²) in [5.41, 5.74) is 1.54. The Labute approximate surface area is 86.8 Å². The Hall–Kier alpha value is -0.920. The molecule has 0 N–H and O–H groups in total. The van der Waals surface area contributed by atoms with Crippen LogP contribution in [0.2, 0.25) is 0 Å². The van der Waals surface area contributed by atoms with Crippen LogP contribution in [-0.4, -0.2) is 9.97 Å². The van der Waals surface area contributed by atoms with Gasteiger partial charge in [-0.3, -0.25) is 0 Å². The fourth-order valence-corrected chi connectivity index (χ4v) is 1.70. The molecule has 2 heteroatoms. The molecule has 78 valence electrons. The number of hydrogen-bond acceptors (Lipinski definition) is 2. The van der Waals surface area contributed by atoms with Gasteiger partial charge in [-0.25, -0.2) is 9.97 Å². The molecule has 1 unspecified atom stereocenters. The quantitative estimate of drug-likeness (QED) is 0.715. The molecule has 2 nitrogen and oxygen atoms in total. The molecule has 0 spiro atoms. The van der Waals surface area contributed by atoms with Crippen LogP contribution in [0.15, 0.2) is 18.7 Å². The summed E-state index contributed by atoms with van der Waals surface area (Å²) in [4.78, 5) is 8.19. The predicted octanol–water partition coefficient (Wildman–Crippen LogP) is 3.33. The second kappa shape index (κ2) is 5.08. The first kappa shape index (κ1) is 11.2. The minimum Gasteiger partial charge on any atom is -0.245 e. The summed E-state index contributed by atoms with van der Waals surface area (Å²) in [6, 6.07) is 0. The van der Waals surface area contributed by atoms with Crippen LogP contribution in [-0.2, 0) is 5.41 Å². The molecular weight excluding hydrogens is 172 g/mol. The molecule has 0 amide bonds. The summed E-state index contributed by atoms with van der Waals surface area (Å²) in [5.74, 6) is 0. The molecule has 0 bridgehead atoms. The Bertz CT molecular complexity index is 258. The van der Waals surface area contributed by atoms with E-state index >= 15 is 0 Å². The van der Waals surface area contributed by atoms with Gasteiger partial charge < -0.3 is 0 Å². The minimum atomic E-state index is 0.261. The average Bonchev–Trinajstić information content (AvgIpc) is 2.27. The summed E-state index contributed by atoms with van der Waals surface area (Å²) in [5, 5.41) is 0. The first-order chi connectivity index (χ1) is 6.73. The van der Waals surface area contributed by atoms with Crippen LogP contribution in [0.3, 0.4) is 0 Å². The highest BCUT2D eigenvalue weighted by molar-refractivity contribution is 5.16. The van der Waals surface area contributed by atoms with Crippen molar-refractivity contribution in [3.8, 4) is 0 Å². The molecule has 1 atom stereocenters. The summed E-state index contributed by atoms with van der Waals surface area (Å²) in [6.07, 6.45) is 10.4. The summed E-state index contributed by atoms with van der Waals surface area (Å²) in [7, 11) is 0. The van der Waals surface area contributed by atoms with Gasteiger partial charge in [0.1, 0.15) is 6.33 Å². The molecule has 14 heavy (non-hydrogen) atoms. The second-order valence-electron chi connectivity index (χ2n) is 4.14. The lowest BCUT2D eigenvalue weighted by atomic mass is 9.77. The highest BCUT2D eigenvalue weighted by atomic mass is 14.8. The molecule has 0 radical (unpaired) electrons. The van der Waals surface area contributed by atoms with E-state index in [4.69, 9.17) is 0 Å². The van der Waals surface area contributed by atoms with Crippen LogP contribution < -0.4 is 0 Å². The lowest BCUT2D eigenvalue weighted by Gasteiger charge is -2.27. The van der Waals surface area contributed by atoms with Crippen molar-refractivity contribution in [2.45, 2.75) is 51.9 Å². The first-order valence-corrected chi connectivity index (χ1v) is 5.48. The van der Waals surface area contributed by atoms with Gasteiger partial charge >= 0.3 is 0 Å². The molecule has 0 fully saturated rings. The maximum Gasteiger partial charge on any atom is 0.115 e. The van der Waals surface area contributed by atoms with E-state index in [1.807, 2.05) is 12.4 Å². The lowest BCUT2D eigenvalue weighted by Crippen LogP contribution is -2.21. The van der Waals surface area contributed by atoms with Gasteiger partial charge in [-0.2, -0.15) is 0 Å². The van der Waals surface area contributed by atoms with Crippen LogP contribution in [0.1, 0.15) is 52.0 Å². The third-order valence-corrected chi connectivity index (χ3v) is 3.12. The maximum absolute atomic E-state index is 4.10. The zero-order valence-electron chi connectivity index (χ0n) is 9.45. The SMILES string of the molecule is CCCCC(C)(CC)c1cncnc1. The topological polar surface area (TPSA) is 25.8 Å². The van der Waals surface area contributed by atoms with Gasteiger partial charge in [0, 0.05) is 12.4 Å². The fourth-order valence-electron chi connectivity index (χ4n) is 1.70. The third kappa shape index (κ3) is 2.53. The van der Waals surface area contributed by atoms with Crippen molar-refractivity contribution in [1.29, 1.82) is 0 Å². The monoisotopic (exact) mass is 192 g/mol. The number of nitrogens with zero attached hydrogens (tertiary/aromatic N) is 2. The fraction of sp³-hybridized carbons (Fsp3) is 0.667. The van der Waals surface area contributed by atoms with Crippen molar-refractivity contribution in [2.75, 3.05) is 0 Å². The van der Waals surface area contributed by atoms with Crippen molar-refractivity contribution in [3.05, 3.63) is 24.3 Å². The molecule has 1 rings (SSSR count). The van der Waals surface area contributed by atoms with Crippen molar-refractivity contribution < 1.29 is 0 Å². The number of aromatic nitrogens is 2. The van der Waals surface area contributed by atoms with Crippen molar-refractivity contribution in [2.24, 2.45) is 0 Å². The van der Waals surface area contributed by atoms with Crippen molar-refractivity contribution in [1.82, 2.24) is 9.97 Å². The van der Waals surface area contributed by atoms with Gasteiger partial charge in [0.25, 0.3) is 0 Å². The largest absolute Gasteiger partial charge is 0.245 e. The normalized spacial score (nSPS) is 15.1. The highest BCUT2D eigenvalue weighted by Gasteiger charge is 2.24. The average molecular weight is 192 g/mol. The Balaban J connectivity index is 2.79. The van der Waals surface area contributed by atoms with Crippen molar-refractivity contribution >= 4 is 0 Å². The van der Waals surface area contributed by atoms with Gasteiger partial charge in [0.15, 0.2) is 0 Å². The summed E-state index contributed by atoms with van der Waals surface area (Å²) in [6.45, 7) is 6.78. The van der Waals surface area contributed by atoms with Crippen LogP contribution in [0.5, 0.6) is 0 Å². The van der Waals surface area contributed by atoms with Gasteiger partial charge in [-0.05, 0) is 23.8 Å². The molecule has 0 aliphatic carbocycles. The molecule has 0 saturated heterocycles. The van der Waals surface area contributed by atoms with Crippen molar-refractivity contribution in [3.63, 3.8) is 0 Å². The van der Waals surface area contributed by atoms with E-state index in [1.165, 1.54) is 24.8 Å². The Morgan fingerprint density at radius 1 is 1.21 bits per heavy atom. The second-order valence-corrected chi connectivity index (χ2v) is 4.14. The molecule has 1 aromatic heterocycles. The third-order valence-electron chi connectivity index (χ3n) is 3.12. The van der Waals surface area contributed by atoms with Crippen LogP contribution in [0.25, 0.3) is 0 Å². The molecule has 0 aromatic carbocycles. The van der Waals surface area contributed by atoms with Gasteiger partial charge in [0.2, 0.25) is 0 Å². The van der Waals surface area contributed by atoms with E-state index in [1.54, 1.807) is 6.33 Å². The highest BCUT2D eigenvalue weighted by Crippen LogP contribution is 2.31. The minimum absolute atomic E-state index is 0.261. The zero-order chi connectivity index (χ0) is 10.4. The Morgan fingerprint density at radius 3 is 2.36 bits per heavy atom. The first-order valence-electron chi connectivity index (χ1n) is 5.48. The van der Waals surface area contributed by atoms with Gasteiger partial charge in [-0.1, -0.05) is 33.6 Å². The maximum atomic E-state index is 4.10. The van der Waals surface area contributed by atoms with E-state index in [2.05, 4.69) is 30.7 Å². The molecule has 0 aliphatic heterocycles. The Morgan fingerprint density at radius 2 is 1.86 bits per heavy atom. The van der Waals surface area contributed by atoms with E-state index in [0.29, 0.717) is 0 Å². The summed E-state index contributed by atoms with van der Waals surface area (Å²) >= 11 is 0. The van der Waals surface area contributed by atoms with Crippen LogP contribution in [0.4, 0.5) is 0 Å². The summed E-state index contributed by atoms with van der Waals surface area (Å²) < 4.78 is 0. The molecule has 0 saturated carbocycles. The van der Waals surface area contributed by atoms with E-state index in [9.17, 15) is 0 Å². The Kier molecular flexibility index (Phi) is 4.05. The zero-order valence-corrected chi connectivity index (χ0v) is 9.45. The molecular formula is C12H20N2. The molecule has 0 aliphatic rings. The molecule has 1 aromatic rings. The predicted molar refractivity (Wildman–Crippen MR) is 59.2 cm³/mol. The van der Waals surface area contributed by atoms with E-state index < -0.39 is 0 Å². The van der Waals surface area contributed by atoms with E-state index in [0.717, 1.165) is 6.42 Å². The number of unbranched alkanes of at least 4 members (excludes halogenated alkanes) is 1. The molecule has 1 heterocycles. The standard InChI is InChI=1S/C12H20N2/c1-4-6-7-12(3,5-2)11-8-13-10-14-9-11/h8-10H,4-7H2,1-3H3. The lowest BCUT2D eigenvalue weighted by molar-refractivity contribution is 0.400. The van der Waals surface area contributed by atoms with Crippen LogP contribution >= 0.6 is 0 Å². The van der Waals surface area contributed by atoms with Crippen LogP contribution in [0, 0.1) is 0 Å². The smallest absolute Gasteiger partial charge is 0.115 e. The number of hydrogen-bond donors (Lipinski definition) is 0.